The molecule has 3 aromatic rings. The van der Waals surface area contributed by atoms with Crippen LogP contribution in [-0.2, 0) is 9.53 Å². The number of fused-ring (bicyclic) bond motifs is 3. The van der Waals surface area contributed by atoms with Gasteiger partial charge in [-0.05, 0) is 41.5 Å². The third-order valence-electron chi connectivity index (χ3n) is 6.60. The van der Waals surface area contributed by atoms with Crippen molar-refractivity contribution in [3.63, 3.8) is 0 Å². The predicted octanol–water partition coefficient (Wildman–Crippen LogP) is 4.51. The van der Waals surface area contributed by atoms with E-state index in [4.69, 9.17) is 14.4 Å². The van der Waals surface area contributed by atoms with Crippen molar-refractivity contribution in [2.45, 2.75) is 37.6 Å². The van der Waals surface area contributed by atoms with E-state index in [1.807, 2.05) is 36.4 Å². The van der Waals surface area contributed by atoms with Crippen LogP contribution in [0.15, 0.2) is 59.1 Å². The number of carbonyl (C=O) groups is 3. The number of aromatic nitrogens is 1. The first kappa shape index (κ1) is 22.6. The molecule has 35 heavy (non-hydrogen) atoms. The van der Waals surface area contributed by atoms with Crippen molar-refractivity contribution in [1.82, 2.24) is 10.1 Å². The Hall–Kier alpha value is -4.14. The van der Waals surface area contributed by atoms with Crippen LogP contribution in [0.5, 0.6) is 0 Å². The lowest BCUT2D eigenvalue weighted by atomic mass is 9.98. The average molecular weight is 476 g/mol. The third kappa shape index (κ3) is 4.62. The highest BCUT2D eigenvalue weighted by atomic mass is 16.6. The number of benzene rings is 2. The standard InChI is InChI=1S/C26H25N3O6/c30-24(31)13-16-7-5-6-12-29(16)25(32)22-14-23(35-28-22)27-26(33)34-15-21-19-10-3-1-8-17(19)18-9-2-4-11-20(18)21/h1-4,8-11,14,16,21H,5-7,12-13,15H2,(H,27,33)(H,30,31)/t16-/m0/s1. The van der Waals surface area contributed by atoms with E-state index in [-0.39, 0.29) is 36.6 Å². The Morgan fingerprint density at radius 2 is 1.74 bits per heavy atom. The smallest absolute Gasteiger partial charge is 0.414 e. The molecule has 2 aliphatic rings. The molecule has 1 fully saturated rings. The quantitative estimate of drug-likeness (QED) is 0.538. The van der Waals surface area contributed by atoms with Crippen LogP contribution in [0.25, 0.3) is 11.1 Å². The Balaban J connectivity index is 1.22. The van der Waals surface area contributed by atoms with Crippen molar-refractivity contribution in [3.8, 4) is 11.1 Å². The van der Waals surface area contributed by atoms with Crippen molar-refractivity contribution in [1.29, 1.82) is 0 Å². The molecule has 0 bridgehead atoms. The molecule has 9 nitrogen and oxygen atoms in total. The van der Waals surface area contributed by atoms with E-state index in [9.17, 15) is 14.4 Å². The van der Waals surface area contributed by atoms with E-state index >= 15 is 0 Å². The highest BCUT2D eigenvalue weighted by Crippen LogP contribution is 2.44. The molecule has 2 aromatic carbocycles. The molecular formula is C26H25N3O6. The van der Waals surface area contributed by atoms with Crippen LogP contribution in [0, 0.1) is 0 Å². The highest BCUT2D eigenvalue weighted by molar-refractivity contribution is 5.94. The zero-order valence-corrected chi connectivity index (χ0v) is 19.0. The first-order valence-corrected chi connectivity index (χ1v) is 11.6. The molecule has 1 atom stereocenters. The molecule has 0 unspecified atom stereocenters. The normalized spacial score (nSPS) is 16.9. The summed E-state index contributed by atoms with van der Waals surface area (Å²) < 4.78 is 10.6. The number of likely N-dealkylation sites (tertiary alicyclic amines) is 1. The van der Waals surface area contributed by atoms with Gasteiger partial charge in [-0.1, -0.05) is 53.7 Å². The third-order valence-corrected chi connectivity index (χ3v) is 6.60. The first-order chi connectivity index (χ1) is 17.0. The number of amides is 2. The number of hydrogen-bond acceptors (Lipinski definition) is 6. The molecule has 2 amide bonds. The van der Waals surface area contributed by atoms with Gasteiger partial charge in [-0.25, -0.2) is 4.79 Å². The number of ether oxygens (including phenoxy) is 1. The van der Waals surface area contributed by atoms with E-state index in [0.717, 1.165) is 35.1 Å². The maximum absolute atomic E-state index is 12.9. The molecule has 1 aliphatic carbocycles. The van der Waals surface area contributed by atoms with Crippen molar-refractivity contribution in [2.75, 3.05) is 18.5 Å². The summed E-state index contributed by atoms with van der Waals surface area (Å²) >= 11 is 0. The number of piperidine rings is 1. The Morgan fingerprint density at radius 3 is 2.43 bits per heavy atom. The number of nitrogens with one attached hydrogen (secondary N) is 1. The lowest BCUT2D eigenvalue weighted by molar-refractivity contribution is -0.138. The summed E-state index contributed by atoms with van der Waals surface area (Å²) in [7, 11) is 0. The monoisotopic (exact) mass is 475 g/mol. The molecule has 5 rings (SSSR count). The zero-order valence-electron chi connectivity index (χ0n) is 19.0. The minimum atomic E-state index is -0.951. The molecule has 2 N–H and O–H groups in total. The number of carboxylic acid groups (broad SMARTS) is 1. The van der Waals surface area contributed by atoms with E-state index in [0.29, 0.717) is 13.0 Å². The molecule has 2 heterocycles. The topological polar surface area (TPSA) is 122 Å². The molecule has 0 radical (unpaired) electrons. The number of carboxylic acids is 1. The minimum absolute atomic E-state index is 0.0104. The SMILES string of the molecule is O=C(O)C[C@@H]1CCCCN1C(=O)c1cc(NC(=O)OCC2c3ccccc3-c3ccccc32)on1. The fourth-order valence-corrected chi connectivity index (χ4v) is 5.00. The fourth-order valence-electron chi connectivity index (χ4n) is 5.00. The zero-order chi connectivity index (χ0) is 24.4. The van der Waals surface area contributed by atoms with Gasteiger partial charge in [-0.2, -0.15) is 0 Å². The van der Waals surface area contributed by atoms with E-state index < -0.39 is 18.0 Å². The summed E-state index contributed by atoms with van der Waals surface area (Å²) in [4.78, 5) is 38.0. The first-order valence-electron chi connectivity index (χ1n) is 11.6. The van der Waals surface area contributed by atoms with Gasteiger partial charge < -0.3 is 19.3 Å². The summed E-state index contributed by atoms with van der Waals surface area (Å²) in [5, 5.41) is 15.4. The van der Waals surface area contributed by atoms with Crippen molar-refractivity contribution >= 4 is 23.9 Å². The van der Waals surface area contributed by atoms with Gasteiger partial charge >= 0.3 is 12.1 Å². The predicted molar refractivity (Wildman–Crippen MR) is 126 cm³/mol. The van der Waals surface area contributed by atoms with Crippen LogP contribution in [0.2, 0.25) is 0 Å². The average Bonchev–Trinajstić information content (AvgIpc) is 3.45. The number of carbonyl (C=O) groups excluding carboxylic acids is 2. The molecular weight excluding hydrogens is 450 g/mol. The number of nitrogens with zero attached hydrogens (tertiary/aromatic N) is 2. The summed E-state index contributed by atoms with van der Waals surface area (Å²) in [5.74, 6) is -1.46. The van der Waals surface area contributed by atoms with Crippen LogP contribution >= 0.6 is 0 Å². The van der Waals surface area contributed by atoms with E-state index in [2.05, 4.69) is 22.6 Å². The van der Waals surface area contributed by atoms with Crippen LogP contribution in [0.1, 0.15) is 53.2 Å². The van der Waals surface area contributed by atoms with E-state index in [1.54, 1.807) is 0 Å². The molecule has 0 spiro atoms. The minimum Gasteiger partial charge on any atom is -0.481 e. The summed E-state index contributed by atoms with van der Waals surface area (Å²) in [6, 6.07) is 17.0. The lowest BCUT2D eigenvalue weighted by Crippen LogP contribution is -2.44. The Bertz CT molecular complexity index is 1220. The molecule has 1 saturated heterocycles. The summed E-state index contributed by atoms with van der Waals surface area (Å²) in [6.07, 6.45) is 1.46. The summed E-state index contributed by atoms with van der Waals surface area (Å²) in [6.45, 7) is 0.600. The van der Waals surface area contributed by atoms with Gasteiger partial charge in [0.15, 0.2) is 5.69 Å². The van der Waals surface area contributed by atoms with Gasteiger partial charge in [0.1, 0.15) is 6.61 Å². The second-order valence-electron chi connectivity index (χ2n) is 8.77. The molecule has 1 aromatic heterocycles. The van der Waals surface area contributed by atoms with Gasteiger partial charge in [0, 0.05) is 24.6 Å². The molecule has 180 valence electrons. The number of rotatable bonds is 6. The molecule has 9 heteroatoms. The van der Waals surface area contributed by atoms with Gasteiger partial charge in [0.05, 0.1) is 6.42 Å². The van der Waals surface area contributed by atoms with Gasteiger partial charge in [0.25, 0.3) is 5.91 Å². The second-order valence-corrected chi connectivity index (χ2v) is 8.77. The van der Waals surface area contributed by atoms with Gasteiger partial charge in [0.2, 0.25) is 5.88 Å². The van der Waals surface area contributed by atoms with Crippen molar-refractivity contribution < 1.29 is 28.8 Å². The molecule has 1 aliphatic heterocycles. The Morgan fingerprint density at radius 1 is 1.06 bits per heavy atom. The van der Waals surface area contributed by atoms with Gasteiger partial charge in [-0.3, -0.25) is 14.9 Å². The van der Waals surface area contributed by atoms with Crippen LogP contribution < -0.4 is 5.32 Å². The van der Waals surface area contributed by atoms with Crippen molar-refractivity contribution in [2.24, 2.45) is 0 Å². The second kappa shape index (κ2) is 9.61. The highest BCUT2D eigenvalue weighted by Gasteiger charge is 2.32. The number of hydrogen-bond donors (Lipinski definition) is 2. The van der Waals surface area contributed by atoms with Gasteiger partial charge in [-0.15, -0.1) is 0 Å². The Kier molecular flexibility index (Phi) is 6.22. The molecule has 0 saturated carbocycles. The maximum Gasteiger partial charge on any atom is 0.414 e. The Labute approximate surface area is 201 Å². The van der Waals surface area contributed by atoms with Crippen LogP contribution in [-0.4, -0.2) is 52.3 Å². The van der Waals surface area contributed by atoms with Crippen LogP contribution in [0.3, 0.4) is 0 Å². The lowest BCUT2D eigenvalue weighted by Gasteiger charge is -2.34. The maximum atomic E-state index is 12.9. The summed E-state index contributed by atoms with van der Waals surface area (Å²) in [5.41, 5.74) is 4.48. The number of anilines is 1. The fraction of sp³-hybridized carbons (Fsp3) is 0.308. The van der Waals surface area contributed by atoms with E-state index in [1.165, 1.54) is 11.0 Å². The number of aliphatic carboxylic acids is 1. The largest absolute Gasteiger partial charge is 0.481 e. The van der Waals surface area contributed by atoms with Crippen LogP contribution in [0.4, 0.5) is 10.7 Å². The van der Waals surface area contributed by atoms with Crippen molar-refractivity contribution in [3.05, 3.63) is 71.4 Å².